The number of nitrogens with zero attached hydrogens (tertiary/aromatic N) is 4. The number of aromatic nitrogens is 4. The van der Waals surface area contributed by atoms with Crippen LogP contribution in [0.25, 0.3) is 27.6 Å². The van der Waals surface area contributed by atoms with E-state index in [0.717, 1.165) is 27.6 Å². The third-order valence-electron chi connectivity index (χ3n) is 3.17. The molecule has 0 fully saturated rings. The number of benzene rings is 2. The van der Waals surface area contributed by atoms with Crippen molar-refractivity contribution >= 4 is 27.6 Å². The molecule has 0 atom stereocenters. The summed E-state index contributed by atoms with van der Waals surface area (Å²) < 4.78 is 1.80. The van der Waals surface area contributed by atoms with Crippen molar-refractivity contribution in [2.45, 2.75) is 6.92 Å². The zero-order valence-electron chi connectivity index (χ0n) is 9.83. The predicted octanol–water partition coefficient (Wildman–Crippen LogP) is 2.74. The van der Waals surface area contributed by atoms with Crippen LogP contribution in [0.1, 0.15) is 5.56 Å². The van der Waals surface area contributed by atoms with Crippen molar-refractivity contribution in [2.24, 2.45) is 0 Å². The molecule has 2 heterocycles. The van der Waals surface area contributed by atoms with Crippen LogP contribution >= 0.6 is 0 Å². The number of fused-ring (bicyclic) bond motifs is 5. The molecule has 2 aromatic carbocycles. The smallest absolute Gasteiger partial charge is 0.166 e. The number of para-hydroxylation sites is 2. The molecule has 0 aliphatic carbocycles. The largest absolute Gasteiger partial charge is 0.226 e. The summed E-state index contributed by atoms with van der Waals surface area (Å²) in [5.41, 5.74) is 4.86. The first-order chi connectivity index (χ1) is 8.83. The Kier molecular flexibility index (Phi) is 1.73. The Hall–Kier alpha value is -2.49. The van der Waals surface area contributed by atoms with Gasteiger partial charge in [-0.05, 0) is 36.8 Å². The van der Waals surface area contributed by atoms with E-state index in [2.05, 4.69) is 27.4 Å². The monoisotopic (exact) mass is 234 g/mol. The minimum Gasteiger partial charge on any atom is -0.226 e. The van der Waals surface area contributed by atoms with Gasteiger partial charge in [-0.2, -0.15) is 4.52 Å². The molecule has 0 radical (unpaired) electrons. The number of hydrogen-bond donors (Lipinski definition) is 0. The molecule has 0 spiro atoms. The van der Waals surface area contributed by atoms with Crippen LogP contribution in [0.5, 0.6) is 0 Å². The second-order valence-electron chi connectivity index (χ2n) is 4.45. The first kappa shape index (κ1) is 9.53. The van der Waals surface area contributed by atoms with Gasteiger partial charge in [0.2, 0.25) is 0 Å². The average molecular weight is 234 g/mol. The van der Waals surface area contributed by atoms with Crippen LogP contribution in [0.3, 0.4) is 0 Å². The minimum atomic E-state index is 0.862. The van der Waals surface area contributed by atoms with Crippen LogP contribution in [0.2, 0.25) is 0 Å². The maximum absolute atomic E-state index is 4.63. The Morgan fingerprint density at radius 3 is 2.83 bits per heavy atom. The van der Waals surface area contributed by atoms with Crippen molar-refractivity contribution in [1.29, 1.82) is 0 Å². The van der Waals surface area contributed by atoms with Gasteiger partial charge in [-0.25, -0.2) is 4.98 Å². The van der Waals surface area contributed by atoms with Gasteiger partial charge < -0.3 is 0 Å². The summed E-state index contributed by atoms with van der Waals surface area (Å²) in [4.78, 5) is 4.63. The van der Waals surface area contributed by atoms with Crippen LogP contribution < -0.4 is 0 Å². The lowest BCUT2D eigenvalue weighted by molar-refractivity contribution is 0.850. The number of rotatable bonds is 0. The van der Waals surface area contributed by atoms with E-state index in [1.807, 2.05) is 37.3 Å². The summed E-state index contributed by atoms with van der Waals surface area (Å²) in [6.45, 7) is 2.05. The quantitative estimate of drug-likeness (QED) is 0.470. The predicted molar refractivity (Wildman–Crippen MR) is 70.5 cm³/mol. The third kappa shape index (κ3) is 1.17. The lowest BCUT2D eigenvalue weighted by Gasteiger charge is -1.99. The molecule has 86 valence electrons. The summed E-state index contributed by atoms with van der Waals surface area (Å²) in [6.07, 6.45) is 0. The van der Waals surface area contributed by atoms with E-state index in [1.54, 1.807) is 4.52 Å². The SMILES string of the molecule is Cc1ccc2c(c1)nnn1c3ccccc3nc21. The standard InChI is InChI=1S/C14H10N4/c1-9-6-7-10-12(8-9)16-17-18-13-5-3-2-4-11(13)15-14(10)18/h2-8H,1H3. The van der Waals surface area contributed by atoms with Gasteiger partial charge in [0.05, 0.1) is 16.6 Å². The van der Waals surface area contributed by atoms with Crippen molar-refractivity contribution in [1.82, 2.24) is 19.8 Å². The third-order valence-corrected chi connectivity index (χ3v) is 3.17. The molecule has 0 aliphatic heterocycles. The van der Waals surface area contributed by atoms with Crippen molar-refractivity contribution < 1.29 is 0 Å². The molecular weight excluding hydrogens is 224 g/mol. The Morgan fingerprint density at radius 2 is 1.89 bits per heavy atom. The molecule has 0 amide bonds. The highest BCUT2D eigenvalue weighted by atomic mass is 15.4. The molecule has 0 bridgehead atoms. The van der Waals surface area contributed by atoms with E-state index in [4.69, 9.17) is 0 Å². The lowest BCUT2D eigenvalue weighted by atomic mass is 10.2. The normalized spacial score (nSPS) is 11.6. The fourth-order valence-electron chi connectivity index (χ4n) is 2.28. The van der Waals surface area contributed by atoms with Gasteiger partial charge in [-0.1, -0.05) is 23.4 Å². The molecule has 18 heavy (non-hydrogen) atoms. The molecule has 4 aromatic rings. The van der Waals surface area contributed by atoms with Crippen LogP contribution in [0.15, 0.2) is 42.5 Å². The van der Waals surface area contributed by atoms with E-state index in [9.17, 15) is 0 Å². The Bertz CT molecular complexity index is 892. The first-order valence-corrected chi connectivity index (χ1v) is 5.83. The summed E-state index contributed by atoms with van der Waals surface area (Å²) >= 11 is 0. The molecule has 4 rings (SSSR count). The summed E-state index contributed by atoms with van der Waals surface area (Å²) in [6, 6.07) is 14.1. The van der Waals surface area contributed by atoms with Crippen LogP contribution in [-0.4, -0.2) is 19.8 Å². The van der Waals surface area contributed by atoms with Gasteiger partial charge in [0.1, 0.15) is 0 Å². The van der Waals surface area contributed by atoms with E-state index in [1.165, 1.54) is 5.56 Å². The van der Waals surface area contributed by atoms with Crippen molar-refractivity contribution in [3.05, 3.63) is 48.0 Å². The van der Waals surface area contributed by atoms with Crippen molar-refractivity contribution in [3.8, 4) is 0 Å². The maximum atomic E-state index is 4.63. The zero-order chi connectivity index (χ0) is 12.1. The van der Waals surface area contributed by atoms with Gasteiger partial charge in [0.15, 0.2) is 5.65 Å². The molecule has 4 heteroatoms. The fraction of sp³-hybridized carbons (Fsp3) is 0.0714. The molecule has 0 saturated carbocycles. The molecular formula is C14H10N4. The Labute approximate surface area is 103 Å². The van der Waals surface area contributed by atoms with Crippen LogP contribution in [-0.2, 0) is 0 Å². The summed E-state index contributed by atoms with van der Waals surface area (Å²) in [5.74, 6) is 0. The molecule has 0 saturated heterocycles. The van der Waals surface area contributed by atoms with Crippen molar-refractivity contribution in [3.63, 3.8) is 0 Å². The van der Waals surface area contributed by atoms with E-state index in [-0.39, 0.29) is 0 Å². The highest BCUT2D eigenvalue weighted by Crippen LogP contribution is 2.21. The highest BCUT2D eigenvalue weighted by molar-refractivity contribution is 5.95. The number of hydrogen-bond acceptors (Lipinski definition) is 3. The average Bonchev–Trinajstić information content (AvgIpc) is 2.77. The highest BCUT2D eigenvalue weighted by Gasteiger charge is 2.09. The van der Waals surface area contributed by atoms with Gasteiger partial charge in [-0.3, -0.25) is 0 Å². The molecule has 0 N–H and O–H groups in total. The molecule has 4 nitrogen and oxygen atoms in total. The number of aryl methyl sites for hydroxylation is 1. The minimum absolute atomic E-state index is 0.862. The van der Waals surface area contributed by atoms with Crippen LogP contribution in [0, 0.1) is 6.92 Å². The molecule has 0 aliphatic rings. The van der Waals surface area contributed by atoms with Gasteiger partial charge in [0.25, 0.3) is 0 Å². The molecule has 2 aromatic heterocycles. The summed E-state index contributed by atoms with van der Waals surface area (Å²) in [7, 11) is 0. The maximum Gasteiger partial charge on any atom is 0.166 e. The summed E-state index contributed by atoms with van der Waals surface area (Å²) in [5, 5.41) is 9.54. The number of imidazole rings is 1. The van der Waals surface area contributed by atoms with E-state index < -0.39 is 0 Å². The van der Waals surface area contributed by atoms with Gasteiger partial charge in [0, 0.05) is 5.39 Å². The zero-order valence-corrected chi connectivity index (χ0v) is 9.83. The Morgan fingerprint density at radius 1 is 1.00 bits per heavy atom. The fourth-order valence-corrected chi connectivity index (χ4v) is 2.28. The topological polar surface area (TPSA) is 43.1 Å². The van der Waals surface area contributed by atoms with Crippen LogP contribution in [0.4, 0.5) is 0 Å². The lowest BCUT2D eigenvalue weighted by Crippen LogP contribution is -1.96. The van der Waals surface area contributed by atoms with Crippen molar-refractivity contribution in [2.75, 3.05) is 0 Å². The van der Waals surface area contributed by atoms with Gasteiger partial charge >= 0.3 is 0 Å². The molecule has 0 unspecified atom stereocenters. The van der Waals surface area contributed by atoms with Gasteiger partial charge in [-0.15, -0.1) is 5.10 Å². The Balaban J connectivity index is 2.28. The second kappa shape index (κ2) is 3.26. The first-order valence-electron chi connectivity index (χ1n) is 5.83. The van der Waals surface area contributed by atoms with E-state index in [0.29, 0.717) is 0 Å². The second-order valence-corrected chi connectivity index (χ2v) is 4.45. The van der Waals surface area contributed by atoms with E-state index >= 15 is 0 Å².